The number of anilines is 1. The molecule has 50 heavy (non-hydrogen) atoms. The molecule has 1 amide bonds. The number of aryl methyl sites for hydroxylation is 1. The summed E-state index contributed by atoms with van der Waals surface area (Å²) in [4.78, 5) is 30.3. The zero-order valence-corrected chi connectivity index (χ0v) is 29.8. The molecule has 0 aliphatic carbocycles. The smallest absolute Gasteiger partial charge is 0.279 e. The fourth-order valence-electron chi connectivity index (χ4n) is 8.22. The lowest BCUT2D eigenvalue weighted by molar-refractivity contribution is -0.145. The molecule has 11 nitrogen and oxygen atoms in total. The van der Waals surface area contributed by atoms with E-state index < -0.39 is 13.7 Å². The van der Waals surface area contributed by atoms with Crippen molar-refractivity contribution < 1.29 is 19.4 Å². The molecular weight excluding hydrogens is 649 g/mol. The van der Waals surface area contributed by atoms with Crippen LogP contribution in [0.25, 0.3) is 16.5 Å². The quantitative estimate of drug-likeness (QED) is 0.160. The summed E-state index contributed by atoms with van der Waals surface area (Å²) in [7, 11) is -0.712. The largest absolute Gasteiger partial charge is 0.497 e. The summed E-state index contributed by atoms with van der Waals surface area (Å²) in [5, 5.41) is 25.0. The number of fused-ring (bicyclic) bond motifs is 3. The van der Waals surface area contributed by atoms with Gasteiger partial charge in [0.1, 0.15) is 5.75 Å². The van der Waals surface area contributed by atoms with Gasteiger partial charge in [0.2, 0.25) is 0 Å². The molecule has 0 unspecified atom stereocenters. The van der Waals surface area contributed by atoms with Crippen molar-refractivity contribution in [2.24, 2.45) is 5.92 Å². The molecule has 258 valence electrons. The van der Waals surface area contributed by atoms with Crippen LogP contribution in [0.2, 0.25) is 18.6 Å². The molecular formula is C38H42N6O5Si. The molecule has 0 saturated carbocycles. The predicted molar refractivity (Wildman–Crippen MR) is 195 cm³/mol. The van der Waals surface area contributed by atoms with Gasteiger partial charge in [0.05, 0.1) is 49.9 Å². The maximum absolute atomic E-state index is 14.9. The molecule has 2 aliphatic rings. The number of carbonyl (C=O) groups is 1. The lowest BCUT2D eigenvalue weighted by Crippen LogP contribution is -2.52. The Morgan fingerprint density at radius 2 is 1.88 bits per heavy atom. The minimum Gasteiger partial charge on any atom is -0.497 e. The topological polar surface area (TPSA) is 125 Å². The number of ether oxygens (including phenoxy) is 2. The third kappa shape index (κ3) is 5.38. The molecule has 1 fully saturated rings. The van der Waals surface area contributed by atoms with Crippen molar-refractivity contribution >= 4 is 35.6 Å². The number of carbonyl (C=O) groups excluding carboxylic acids is 1. The summed E-state index contributed by atoms with van der Waals surface area (Å²) in [6, 6.07) is 21.3. The van der Waals surface area contributed by atoms with Crippen LogP contribution < -0.4 is 20.4 Å². The molecule has 5 aromatic rings. The van der Waals surface area contributed by atoms with Crippen LogP contribution in [0.1, 0.15) is 24.6 Å². The molecule has 4 atom stereocenters. The summed E-state index contributed by atoms with van der Waals surface area (Å²) in [5.41, 5.74) is 1.24. The second kappa shape index (κ2) is 13.1. The van der Waals surface area contributed by atoms with Gasteiger partial charge in [-0.25, -0.2) is 0 Å². The zero-order chi connectivity index (χ0) is 35.2. The Bertz CT molecular complexity index is 2130. The van der Waals surface area contributed by atoms with Crippen molar-refractivity contribution in [3.63, 3.8) is 0 Å². The van der Waals surface area contributed by atoms with Gasteiger partial charge in [0.25, 0.3) is 11.5 Å². The van der Waals surface area contributed by atoms with Crippen molar-refractivity contribution in [1.29, 1.82) is 0 Å². The van der Waals surface area contributed by atoms with Gasteiger partial charge in [0, 0.05) is 49.2 Å². The number of hydrogen-bond acceptors (Lipinski definition) is 8. The Morgan fingerprint density at radius 1 is 1.10 bits per heavy atom. The highest BCUT2D eigenvalue weighted by atomic mass is 28.3. The highest BCUT2D eigenvalue weighted by Gasteiger charge is 2.66. The number of benzene rings is 3. The Labute approximate surface area is 291 Å². The molecule has 12 heteroatoms. The van der Waals surface area contributed by atoms with Crippen molar-refractivity contribution in [2.75, 3.05) is 25.2 Å². The average molecular weight is 691 g/mol. The number of methoxy groups -OCH3 is 1. The van der Waals surface area contributed by atoms with Crippen LogP contribution in [0.5, 0.6) is 5.75 Å². The van der Waals surface area contributed by atoms with Crippen LogP contribution in [0.4, 0.5) is 5.69 Å². The van der Waals surface area contributed by atoms with Crippen LogP contribution in [-0.4, -0.2) is 70.2 Å². The highest BCUT2D eigenvalue weighted by molar-refractivity contribution is 6.91. The number of aliphatic hydroxyl groups is 1. The van der Waals surface area contributed by atoms with E-state index in [1.165, 1.54) is 9.87 Å². The van der Waals surface area contributed by atoms with Gasteiger partial charge < -0.3 is 19.5 Å². The minimum atomic E-state index is -2.37. The maximum Gasteiger partial charge on any atom is 0.279 e. The second-order valence-corrected chi connectivity index (χ2v) is 18.4. The highest BCUT2D eigenvalue weighted by Crippen LogP contribution is 2.60. The molecule has 0 bridgehead atoms. The number of aromatic nitrogens is 5. The van der Waals surface area contributed by atoms with E-state index in [4.69, 9.17) is 9.47 Å². The summed E-state index contributed by atoms with van der Waals surface area (Å²) >= 11 is 0. The van der Waals surface area contributed by atoms with Gasteiger partial charge in [-0.2, -0.15) is 9.78 Å². The predicted octanol–water partition coefficient (Wildman–Crippen LogP) is 4.36. The van der Waals surface area contributed by atoms with Gasteiger partial charge >= 0.3 is 0 Å². The standard InChI is InChI=1S/C38H42N6O5Si/c1-6-19-43-33-16-11-28(44-36(46)31-10-8-7-9-26(31)23-39-44)22-32(33)38(37(43)47)25(2)35(50(4,5)30-14-12-29(48-3)13-15-30)34(49-38)17-20-42-24-27(18-21-45)40-41-42/h6-16,22-25,34-35,45H,1,17-21H2,2-5H3/t25-,34+,35-,38+/m1/s1. The number of nitrogens with zero attached hydrogens (tertiary/aromatic N) is 6. The van der Waals surface area contributed by atoms with E-state index in [-0.39, 0.29) is 35.6 Å². The zero-order valence-electron chi connectivity index (χ0n) is 28.8. The van der Waals surface area contributed by atoms with Crippen LogP contribution in [-0.2, 0) is 28.1 Å². The van der Waals surface area contributed by atoms with Gasteiger partial charge in [-0.1, -0.05) is 66.8 Å². The molecule has 1 spiro atoms. The fraction of sp³-hybridized carbons (Fsp3) is 0.342. The first kappa shape index (κ1) is 33.6. The van der Waals surface area contributed by atoms with Gasteiger partial charge in [-0.3, -0.25) is 14.3 Å². The van der Waals surface area contributed by atoms with E-state index in [1.54, 1.807) is 35.0 Å². The van der Waals surface area contributed by atoms with Crippen molar-refractivity contribution in [3.05, 3.63) is 113 Å². The maximum atomic E-state index is 14.9. The second-order valence-electron chi connectivity index (χ2n) is 13.7. The Morgan fingerprint density at radius 3 is 2.62 bits per heavy atom. The summed E-state index contributed by atoms with van der Waals surface area (Å²) in [5.74, 6) is 0.431. The lowest BCUT2D eigenvalue weighted by atomic mass is 9.82. The van der Waals surface area contributed by atoms with Crippen LogP contribution in [0.3, 0.4) is 0 Å². The number of amides is 1. The van der Waals surface area contributed by atoms with E-state index in [0.29, 0.717) is 37.0 Å². The summed E-state index contributed by atoms with van der Waals surface area (Å²) < 4.78 is 15.9. The first-order chi connectivity index (χ1) is 24.1. The normalized spacial score (nSPS) is 21.7. The lowest BCUT2D eigenvalue weighted by Gasteiger charge is -2.37. The number of hydrogen-bond donors (Lipinski definition) is 1. The van der Waals surface area contributed by atoms with Gasteiger partial charge in [0.15, 0.2) is 5.60 Å². The van der Waals surface area contributed by atoms with E-state index in [1.807, 2.05) is 54.7 Å². The molecule has 2 aromatic heterocycles. The molecule has 1 saturated heterocycles. The third-order valence-electron chi connectivity index (χ3n) is 10.7. The Balaban J connectivity index is 1.35. The van der Waals surface area contributed by atoms with Gasteiger partial charge in [-0.05, 0) is 48.4 Å². The Kier molecular flexibility index (Phi) is 8.79. The molecule has 3 aromatic carbocycles. The first-order valence-corrected chi connectivity index (χ1v) is 20.1. The number of aliphatic hydroxyl groups excluding tert-OH is 1. The van der Waals surface area contributed by atoms with Gasteiger partial charge in [-0.15, -0.1) is 11.7 Å². The number of rotatable bonds is 11. The first-order valence-electron chi connectivity index (χ1n) is 17.0. The monoisotopic (exact) mass is 690 g/mol. The van der Waals surface area contributed by atoms with E-state index in [2.05, 4.69) is 54.1 Å². The molecule has 1 N–H and O–H groups in total. The SMILES string of the molecule is C=CCN1C(=O)[C@@]2(O[C@@H](CCn3cc(CCO)nn3)[C@H]([Si](C)(C)c3ccc(OC)cc3)[C@H]2C)c2cc(-n3ncc4ccccc4c3=O)ccc21. The molecule has 4 heterocycles. The Hall–Kier alpha value is -4.91. The molecule has 0 radical (unpaired) electrons. The van der Waals surface area contributed by atoms with Crippen molar-refractivity contribution in [2.45, 2.75) is 56.7 Å². The average Bonchev–Trinajstić information content (AvgIpc) is 3.77. The van der Waals surface area contributed by atoms with E-state index in [9.17, 15) is 14.7 Å². The minimum absolute atomic E-state index is 0.000244. The van der Waals surface area contributed by atoms with Crippen LogP contribution in [0, 0.1) is 5.92 Å². The van der Waals surface area contributed by atoms with Crippen LogP contribution >= 0.6 is 0 Å². The third-order valence-corrected chi connectivity index (χ3v) is 15.0. The molecule has 7 rings (SSSR count). The molecule has 2 aliphatic heterocycles. The summed E-state index contributed by atoms with van der Waals surface area (Å²) in [6.07, 6.45) is 6.00. The van der Waals surface area contributed by atoms with Crippen molar-refractivity contribution in [1.82, 2.24) is 24.8 Å². The van der Waals surface area contributed by atoms with E-state index >= 15 is 0 Å². The summed E-state index contributed by atoms with van der Waals surface area (Å²) in [6.45, 7) is 11.6. The van der Waals surface area contributed by atoms with Crippen molar-refractivity contribution in [3.8, 4) is 11.4 Å². The fourth-order valence-corrected chi connectivity index (χ4v) is 12.3. The van der Waals surface area contributed by atoms with Crippen LogP contribution in [0.15, 0.2) is 96.6 Å². The van der Waals surface area contributed by atoms with E-state index in [0.717, 1.165) is 28.1 Å².